The van der Waals surface area contributed by atoms with Gasteiger partial charge in [-0.05, 0) is 18.6 Å². The van der Waals surface area contributed by atoms with Gasteiger partial charge in [0.05, 0.1) is 0 Å². The number of fused-ring (bicyclic) bond motifs is 1. The summed E-state index contributed by atoms with van der Waals surface area (Å²) >= 11 is 0. The minimum absolute atomic E-state index is 0.567. The minimum atomic E-state index is 0.567. The van der Waals surface area contributed by atoms with Crippen LogP contribution in [0, 0.1) is 0 Å². The Kier molecular flexibility index (Phi) is 2.23. The molecule has 0 amide bonds. The van der Waals surface area contributed by atoms with Gasteiger partial charge in [0.25, 0.3) is 0 Å². The molecule has 1 unspecified atom stereocenters. The molecule has 70 valence electrons. The Hall–Kier alpha value is -1.02. The van der Waals surface area contributed by atoms with Crippen LogP contribution in [0.4, 0.5) is 5.69 Å². The molecule has 1 aliphatic heterocycles. The van der Waals surface area contributed by atoms with E-state index in [0.29, 0.717) is 6.04 Å². The van der Waals surface area contributed by atoms with Gasteiger partial charge in [0.15, 0.2) is 0 Å². The molecule has 0 radical (unpaired) electrons. The van der Waals surface area contributed by atoms with Crippen molar-refractivity contribution in [3.05, 3.63) is 29.8 Å². The molecular weight excluding hydrogens is 160 g/mol. The third-order valence-electron chi connectivity index (χ3n) is 2.59. The fraction of sp³-hybridized carbons (Fsp3) is 0.455. The molecule has 2 rings (SSSR count). The molecular formula is C11H16N2. The molecule has 0 fully saturated rings. The van der Waals surface area contributed by atoms with Crippen molar-refractivity contribution in [1.82, 2.24) is 5.32 Å². The third-order valence-corrected chi connectivity index (χ3v) is 2.59. The first-order chi connectivity index (χ1) is 6.27. The highest BCUT2D eigenvalue weighted by Gasteiger charge is 2.14. The van der Waals surface area contributed by atoms with E-state index in [1.165, 1.54) is 11.3 Å². The Bertz CT molecular complexity index is 296. The summed E-state index contributed by atoms with van der Waals surface area (Å²) in [6.45, 7) is 4.29. The monoisotopic (exact) mass is 176 g/mol. The smallest absolute Gasteiger partial charge is 0.0409 e. The maximum absolute atomic E-state index is 3.49. The summed E-state index contributed by atoms with van der Waals surface area (Å²) in [7, 11) is 2.16. The summed E-state index contributed by atoms with van der Waals surface area (Å²) in [5.41, 5.74) is 2.76. The molecule has 0 bridgehead atoms. The number of nitrogens with one attached hydrogen (secondary N) is 1. The van der Waals surface area contributed by atoms with Gasteiger partial charge in [-0.1, -0.05) is 18.2 Å². The Morgan fingerprint density at radius 1 is 1.38 bits per heavy atom. The van der Waals surface area contributed by atoms with Crippen molar-refractivity contribution in [2.24, 2.45) is 0 Å². The zero-order valence-corrected chi connectivity index (χ0v) is 8.25. The number of likely N-dealkylation sites (N-methyl/N-ethyl adjacent to an activating group) is 1. The van der Waals surface area contributed by atoms with Crippen molar-refractivity contribution in [3.8, 4) is 0 Å². The lowest BCUT2D eigenvalue weighted by Crippen LogP contribution is -2.33. The zero-order chi connectivity index (χ0) is 9.26. The first-order valence-electron chi connectivity index (χ1n) is 4.80. The largest absolute Gasteiger partial charge is 0.373 e. The average molecular weight is 176 g/mol. The van der Waals surface area contributed by atoms with E-state index in [9.17, 15) is 0 Å². The van der Waals surface area contributed by atoms with E-state index < -0.39 is 0 Å². The van der Waals surface area contributed by atoms with Crippen molar-refractivity contribution in [2.45, 2.75) is 19.5 Å². The van der Waals surface area contributed by atoms with E-state index in [2.05, 4.69) is 48.5 Å². The van der Waals surface area contributed by atoms with Crippen LogP contribution in [0.3, 0.4) is 0 Å². The van der Waals surface area contributed by atoms with Crippen LogP contribution in [0.2, 0.25) is 0 Å². The summed E-state index contributed by atoms with van der Waals surface area (Å²) in [5, 5.41) is 3.49. The lowest BCUT2D eigenvalue weighted by molar-refractivity contribution is 0.563. The molecule has 1 heterocycles. The van der Waals surface area contributed by atoms with Gasteiger partial charge in [0, 0.05) is 31.9 Å². The highest BCUT2D eigenvalue weighted by atomic mass is 15.1. The molecule has 0 saturated carbocycles. The van der Waals surface area contributed by atoms with Crippen LogP contribution >= 0.6 is 0 Å². The number of para-hydroxylation sites is 1. The van der Waals surface area contributed by atoms with Crippen molar-refractivity contribution < 1.29 is 0 Å². The Balaban J connectivity index is 2.35. The van der Waals surface area contributed by atoms with Crippen LogP contribution in [0.5, 0.6) is 0 Å². The quantitative estimate of drug-likeness (QED) is 0.646. The summed E-state index contributed by atoms with van der Waals surface area (Å²) in [6, 6.07) is 9.15. The molecule has 0 spiro atoms. The predicted octanol–water partition coefficient (Wildman–Crippen LogP) is 1.61. The Labute approximate surface area is 79.6 Å². The van der Waals surface area contributed by atoms with Crippen LogP contribution in [0.15, 0.2) is 24.3 Å². The lowest BCUT2D eigenvalue weighted by atomic mass is 10.2. The number of benzene rings is 1. The second kappa shape index (κ2) is 3.38. The van der Waals surface area contributed by atoms with E-state index in [0.717, 1.165) is 13.1 Å². The van der Waals surface area contributed by atoms with Crippen LogP contribution in [0.1, 0.15) is 12.5 Å². The van der Waals surface area contributed by atoms with E-state index in [1.807, 2.05) is 0 Å². The summed E-state index contributed by atoms with van der Waals surface area (Å²) in [5.74, 6) is 0. The molecule has 1 aromatic rings. The van der Waals surface area contributed by atoms with Crippen molar-refractivity contribution in [3.63, 3.8) is 0 Å². The second-order valence-corrected chi connectivity index (χ2v) is 3.79. The van der Waals surface area contributed by atoms with Gasteiger partial charge in [-0.2, -0.15) is 0 Å². The molecule has 1 N–H and O–H groups in total. The van der Waals surface area contributed by atoms with Gasteiger partial charge in [-0.15, -0.1) is 0 Å². The standard InChI is InChI=1S/C11H16N2/c1-9-8-13(2)11-6-4-3-5-10(11)7-12-9/h3-6,9,12H,7-8H2,1-2H3. The molecule has 0 saturated heterocycles. The Morgan fingerprint density at radius 3 is 3.00 bits per heavy atom. The molecule has 1 aromatic carbocycles. The van der Waals surface area contributed by atoms with E-state index in [1.54, 1.807) is 0 Å². The van der Waals surface area contributed by atoms with Crippen LogP contribution in [-0.4, -0.2) is 19.6 Å². The fourth-order valence-electron chi connectivity index (χ4n) is 1.89. The second-order valence-electron chi connectivity index (χ2n) is 3.79. The number of nitrogens with zero attached hydrogens (tertiary/aromatic N) is 1. The molecule has 13 heavy (non-hydrogen) atoms. The van der Waals surface area contributed by atoms with E-state index >= 15 is 0 Å². The molecule has 1 aliphatic rings. The summed E-state index contributed by atoms with van der Waals surface area (Å²) in [6.07, 6.45) is 0. The Morgan fingerprint density at radius 2 is 2.15 bits per heavy atom. The highest BCUT2D eigenvalue weighted by Crippen LogP contribution is 2.21. The van der Waals surface area contributed by atoms with Gasteiger partial charge in [0.1, 0.15) is 0 Å². The molecule has 0 aliphatic carbocycles. The molecule has 1 atom stereocenters. The third kappa shape index (κ3) is 1.68. The fourth-order valence-corrected chi connectivity index (χ4v) is 1.89. The van der Waals surface area contributed by atoms with Gasteiger partial charge in [-0.3, -0.25) is 0 Å². The van der Waals surface area contributed by atoms with Gasteiger partial charge in [-0.25, -0.2) is 0 Å². The topological polar surface area (TPSA) is 15.3 Å². The van der Waals surface area contributed by atoms with Gasteiger partial charge >= 0.3 is 0 Å². The average Bonchev–Trinajstić information content (AvgIpc) is 2.27. The molecule has 0 aromatic heterocycles. The molecule has 2 heteroatoms. The van der Waals surface area contributed by atoms with Crippen LogP contribution in [-0.2, 0) is 6.54 Å². The van der Waals surface area contributed by atoms with Crippen LogP contribution in [0.25, 0.3) is 0 Å². The van der Waals surface area contributed by atoms with Crippen molar-refractivity contribution in [2.75, 3.05) is 18.5 Å². The normalized spacial score (nSPS) is 22.3. The lowest BCUT2D eigenvalue weighted by Gasteiger charge is -2.20. The summed E-state index contributed by atoms with van der Waals surface area (Å²) in [4.78, 5) is 2.32. The van der Waals surface area contributed by atoms with E-state index in [4.69, 9.17) is 0 Å². The maximum atomic E-state index is 3.49. The number of hydrogen-bond donors (Lipinski definition) is 1. The van der Waals surface area contributed by atoms with Crippen LogP contribution < -0.4 is 10.2 Å². The number of anilines is 1. The van der Waals surface area contributed by atoms with E-state index in [-0.39, 0.29) is 0 Å². The maximum Gasteiger partial charge on any atom is 0.0409 e. The zero-order valence-electron chi connectivity index (χ0n) is 8.25. The highest BCUT2D eigenvalue weighted by molar-refractivity contribution is 5.53. The number of rotatable bonds is 0. The minimum Gasteiger partial charge on any atom is -0.373 e. The summed E-state index contributed by atoms with van der Waals surface area (Å²) < 4.78 is 0. The SMILES string of the molecule is CC1CN(C)c2ccccc2CN1. The first kappa shape index (κ1) is 8.57. The number of hydrogen-bond acceptors (Lipinski definition) is 2. The van der Waals surface area contributed by atoms with Gasteiger partial charge in [0.2, 0.25) is 0 Å². The van der Waals surface area contributed by atoms with Crippen molar-refractivity contribution in [1.29, 1.82) is 0 Å². The first-order valence-corrected chi connectivity index (χ1v) is 4.80. The van der Waals surface area contributed by atoms with Gasteiger partial charge < -0.3 is 10.2 Å². The van der Waals surface area contributed by atoms with Crippen molar-refractivity contribution >= 4 is 5.69 Å². The predicted molar refractivity (Wildman–Crippen MR) is 56.0 cm³/mol. The molecule has 2 nitrogen and oxygen atoms in total.